The van der Waals surface area contributed by atoms with Gasteiger partial charge in [-0.1, -0.05) is 12.1 Å². The van der Waals surface area contributed by atoms with Gasteiger partial charge >= 0.3 is 0 Å². The van der Waals surface area contributed by atoms with E-state index in [-0.39, 0.29) is 18.1 Å². The molecule has 0 aliphatic carbocycles. The Morgan fingerprint density at radius 1 is 1.13 bits per heavy atom. The summed E-state index contributed by atoms with van der Waals surface area (Å²) < 4.78 is 6.83. The first kappa shape index (κ1) is 19.1. The lowest BCUT2D eigenvalue weighted by Gasteiger charge is -2.08. The monoisotopic (exact) mass is 402 g/mol. The number of aryl methyl sites for hydroxylation is 1. The number of nitrogens with zero attached hydrogens (tertiary/aromatic N) is 3. The van der Waals surface area contributed by atoms with Gasteiger partial charge in [0.25, 0.3) is 11.6 Å². The zero-order valence-electron chi connectivity index (χ0n) is 16.1. The third-order valence-corrected chi connectivity index (χ3v) is 4.57. The lowest BCUT2D eigenvalue weighted by atomic mass is 10.1. The fourth-order valence-electron chi connectivity index (χ4n) is 3.07. The SMILES string of the molecule is Cc1cccc(-n2nc(-c3ccc([N+](=O)[O-])cc3)cc2C(=O)NCc2ccco2)c1. The summed E-state index contributed by atoms with van der Waals surface area (Å²) in [5.41, 5.74) is 3.32. The molecule has 0 spiro atoms. The third-order valence-electron chi connectivity index (χ3n) is 4.57. The van der Waals surface area contributed by atoms with Crippen LogP contribution in [0, 0.1) is 17.0 Å². The van der Waals surface area contributed by atoms with Crippen molar-refractivity contribution in [3.63, 3.8) is 0 Å². The third kappa shape index (κ3) is 3.97. The Morgan fingerprint density at radius 3 is 2.60 bits per heavy atom. The Hall–Kier alpha value is -4.20. The molecule has 2 heterocycles. The number of aromatic nitrogens is 2. The van der Waals surface area contributed by atoms with E-state index in [1.165, 1.54) is 12.1 Å². The van der Waals surface area contributed by atoms with Crippen molar-refractivity contribution in [3.05, 3.63) is 100 Å². The minimum atomic E-state index is -0.456. The molecule has 0 saturated carbocycles. The number of carbonyl (C=O) groups excluding carboxylic acids is 1. The zero-order valence-corrected chi connectivity index (χ0v) is 16.1. The van der Waals surface area contributed by atoms with Crippen LogP contribution in [0.15, 0.2) is 77.4 Å². The van der Waals surface area contributed by atoms with Crippen molar-refractivity contribution in [1.82, 2.24) is 15.1 Å². The molecule has 150 valence electrons. The van der Waals surface area contributed by atoms with Gasteiger partial charge in [-0.15, -0.1) is 0 Å². The summed E-state index contributed by atoms with van der Waals surface area (Å²) in [7, 11) is 0. The predicted octanol–water partition coefficient (Wildman–Crippen LogP) is 4.28. The number of hydrogen-bond donors (Lipinski definition) is 1. The van der Waals surface area contributed by atoms with E-state index in [0.29, 0.717) is 22.7 Å². The maximum Gasteiger partial charge on any atom is 0.270 e. The maximum absolute atomic E-state index is 12.9. The van der Waals surface area contributed by atoms with Crippen LogP contribution < -0.4 is 5.32 Å². The predicted molar refractivity (Wildman–Crippen MR) is 110 cm³/mol. The van der Waals surface area contributed by atoms with Crippen molar-refractivity contribution >= 4 is 11.6 Å². The first-order valence-corrected chi connectivity index (χ1v) is 9.24. The molecule has 0 atom stereocenters. The molecule has 2 aromatic heterocycles. The minimum Gasteiger partial charge on any atom is -0.467 e. The second kappa shape index (κ2) is 8.04. The fourth-order valence-corrected chi connectivity index (χ4v) is 3.07. The van der Waals surface area contributed by atoms with Gasteiger partial charge in [-0.05, 0) is 55.0 Å². The minimum absolute atomic E-state index is 0.00622. The maximum atomic E-state index is 12.9. The molecule has 4 aromatic rings. The molecule has 8 nitrogen and oxygen atoms in total. The largest absolute Gasteiger partial charge is 0.467 e. The van der Waals surface area contributed by atoms with Gasteiger partial charge in [0, 0.05) is 17.7 Å². The van der Waals surface area contributed by atoms with Crippen LogP contribution in [-0.2, 0) is 6.54 Å². The summed E-state index contributed by atoms with van der Waals surface area (Å²) in [4.78, 5) is 23.4. The summed E-state index contributed by atoms with van der Waals surface area (Å²) in [5, 5.41) is 18.3. The number of furan rings is 1. The van der Waals surface area contributed by atoms with Crippen LogP contribution >= 0.6 is 0 Å². The van der Waals surface area contributed by atoms with Gasteiger partial charge in [-0.2, -0.15) is 5.10 Å². The topological polar surface area (TPSA) is 103 Å². The highest BCUT2D eigenvalue weighted by molar-refractivity contribution is 5.94. The van der Waals surface area contributed by atoms with Crippen molar-refractivity contribution in [2.75, 3.05) is 0 Å². The van der Waals surface area contributed by atoms with Gasteiger partial charge in [0.2, 0.25) is 0 Å². The zero-order chi connectivity index (χ0) is 21.1. The van der Waals surface area contributed by atoms with Crippen LogP contribution in [0.3, 0.4) is 0 Å². The summed E-state index contributed by atoms with van der Waals surface area (Å²) in [5.74, 6) is 0.328. The molecule has 1 amide bonds. The molecule has 0 aliphatic heterocycles. The Bertz CT molecular complexity index is 1190. The number of benzene rings is 2. The summed E-state index contributed by atoms with van der Waals surface area (Å²) in [6.45, 7) is 2.21. The number of non-ortho nitro benzene ring substituents is 1. The number of amides is 1. The van der Waals surface area contributed by atoms with E-state index in [1.807, 2.05) is 31.2 Å². The highest BCUT2D eigenvalue weighted by atomic mass is 16.6. The molecule has 0 fully saturated rings. The van der Waals surface area contributed by atoms with E-state index in [1.54, 1.807) is 41.3 Å². The van der Waals surface area contributed by atoms with Crippen LogP contribution in [0.5, 0.6) is 0 Å². The van der Waals surface area contributed by atoms with Crippen LogP contribution in [0.2, 0.25) is 0 Å². The average molecular weight is 402 g/mol. The van der Waals surface area contributed by atoms with Crippen LogP contribution in [0.1, 0.15) is 21.8 Å². The van der Waals surface area contributed by atoms with Crippen LogP contribution in [0.25, 0.3) is 16.9 Å². The van der Waals surface area contributed by atoms with Gasteiger partial charge in [0.1, 0.15) is 11.5 Å². The quantitative estimate of drug-likeness (QED) is 0.383. The van der Waals surface area contributed by atoms with Gasteiger partial charge in [-0.3, -0.25) is 14.9 Å². The number of carbonyl (C=O) groups is 1. The van der Waals surface area contributed by atoms with Crippen molar-refractivity contribution < 1.29 is 14.1 Å². The Balaban J connectivity index is 1.71. The number of nitrogens with one attached hydrogen (secondary N) is 1. The normalized spacial score (nSPS) is 10.7. The van der Waals surface area contributed by atoms with E-state index < -0.39 is 4.92 Å². The van der Waals surface area contributed by atoms with Crippen molar-refractivity contribution in [2.24, 2.45) is 0 Å². The average Bonchev–Trinajstić information content (AvgIpc) is 3.42. The molecule has 30 heavy (non-hydrogen) atoms. The highest BCUT2D eigenvalue weighted by Crippen LogP contribution is 2.24. The van der Waals surface area contributed by atoms with Gasteiger partial charge in [-0.25, -0.2) is 4.68 Å². The van der Waals surface area contributed by atoms with Crippen molar-refractivity contribution in [3.8, 4) is 16.9 Å². The second-order valence-electron chi connectivity index (χ2n) is 6.73. The highest BCUT2D eigenvalue weighted by Gasteiger charge is 2.18. The Kier molecular flexibility index (Phi) is 5.13. The first-order chi connectivity index (χ1) is 14.5. The van der Waals surface area contributed by atoms with E-state index in [4.69, 9.17) is 4.42 Å². The van der Waals surface area contributed by atoms with E-state index in [2.05, 4.69) is 10.4 Å². The molecule has 0 aliphatic rings. The summed E-state index contributed by atoms with van der Waals surface area (Å²) in [6.07, 6.45) is 1.55. The number of nitro benzene ring substituents is 1. The van der Waals surface area contributed by atoms with E-state index in [9.17, 15) is 14.9 Å². The van der Waals surface area contributed by atoms with Crippen molar-refractivity contribution in [2.45, 2.75) is 13.5 Å². The Labute approximate surface area is 171 Å². The van der Waals surface area contributed by atoms with Crippen LogP contribution in [0.4, 0.5) is 5.69 Å². The molecule has 0 saturated heterocycles. The number of nitro groups is 1. The standard InChI is InChI=1S/C22H18N4O4/c1-15-4-2-5-18(12-15)25-21(22(27)23-14-19-6-3-11-30-19)13-20(24-25)16-7-9-17(10-8-16)26(28)29/h2-13H,14H2,1H3,(H,23,27). The molecular weight excluding hydrogens is 384 g/mol. The summed E-state index contributed by atoms with van der Waals surface area (Å²) in [6, 6.07) is 18.9. The molecule has 0 unspecified atom stereocenters. The van der Waals surface area contributed by atoms with Crippen LogP contribution in [-0.4, -0.2) is 20.6 Å². The van der Waals surface area contributed by atoms with Gasteiger partial charge < -0.3 is 9.73 Å². The molecule has 4 rings (SSSR count). The van der Waals surface area contributed by atoms with Gasteiger partial charge in [0.15, 0.2) is 0 Å². The molecule has 1 N–H and O–H groups in total. The van der Waals surface area contributed by atoms with Crippen molar-refractivity contribution in [1.29, 1.82) is 0 Å². The molecule has 0 bridgehead atoms. The smallest absolute Gasteiger partial charge is 0.270 e. The molecule has 0 radical (unpaired) electrons. The lowest BCUT2D eigenvalue weighted by Crippen LogP contribution is -2.25. The molecular formula is C22H18N4O4. The molecule has 2 aromatic carbocycles. The second-order valence-corrected chi connectivity index (χ2v) is 6.73. The van der Waals surface area contributed by atoms with Gasteiger partial charge in [0.05, 0.1) is 29.1 Å². The van der Waals surface area contributed by atoms with E-state index >= 15 is 0 Å². The molecule has 8 heteroatoms. The Morgan fingerprint density at radius 2 is 1.93 bits per heavy atom. The lowest BCUT2D eigenvalue weighted by molar-refractivity contribution is -0.384. The van der Waals surface area contributed by atoms with E-state index in [0.717, 1.165) is 11.3 Å². The fraction of sp³-hybridized carbons (Fsp3) is 0.0909. The number of rotatable bonds is 6. The first-order valence-electron chi connectivity index (χ1n) is 9.24. The summed E-state index contributed by atoms with van der Waals surface area (Å²) >= 11 is 0. The number of hydrogen-bond acceptors (Lipinski definition) is 5.